The van der Waals surface area contributed by atoms with Crippen LogP contribution in [0.2, 0.25) is 0 Å². The van der Waals surface area contributed by atoms with Crippen LogP contribution in [0.3, 0.4) is 0 Å². The first-order valence-corrected chi connectivity index (χ1v) is 3.71. The Bertz CT molecular complexity index is 265. The van der Waals surface area contributed by atoms with Crippen LogP contribution in [0.15, 0.2) is 29.4 Å². The van der Waals surface area contributed by atoms with Gasteiger partial charge in [0.05, 0.1) is 0 Å². The minimum Gasteiger partial charge on any atom is -0.381 e. The van der Waals surface area contributed by atoms with Crippen LogP contribution in [0.5, 0.6) is 0 Å². The number of rotatable bonds is 1. The Balaban J connectivity index is 2.92. The molecule has 0 saturated carbocycles. The summed E-state index contributed by atoms with van der Waals surface area (Å²) in [4.78, 5) is 5.38. The van der Waals surface area contributed by atoms with Crippen LogP contribution in [0, 0.1) is 0 Å². The molecule has 0 aromatic heterocycles. The Kier molecular flexibility index (Phi) is 2.17. The summed E-state index contributed by atoms with van der Waals surface area (Å²) in [7, 11) is 0. The second-order valence-electron chi connectivity index (χ2n) is 2.89. The molecular formula is C8H12FN3. The van der Waals surface area contributed by atoms with Crippen molar-refractivity contribution in [1.82, 2.24) is 4.90 Å². The van der Waals surface area contributed by atoms with E-state index < -0.39 is 5.83 Å². The SMILES string of the molecule is C=C1N=C(N)C(F)=CN1C(C)C. The molecule has 0 aliphatic carbocycles. The number of nitrogens with two attached hydrogens (primary N) is 1. The first-order chi connectivity index (χ1) is 5.52. The molecule has 0 atom stereocenters. The van der Waals surface area contributed by atoms with Crippen molar-refractivity contribution in [3.05, 3.63) is 24.4 Å². The smallest absolute Gasteiger partial charge is 0.181 e. The van der Waals surface area contributed by atoms with Crippen molar-refractivity contribution < 1.29 is 4.39 Å². The van der Waals surface area contributed by atoms with Gasteiger partial charge in [-0.25, -0.2) is 9.38 Å². The molecule has 0 amide bonds. The van der Waals surface area contributed by atoms with Gasteiger partial charge in [-0.3, -0.25) is 0 Å². The fourth-order valence-electron chi connectivity index (χ4n) is 0.960. The summed E-state index contributed by atoms with van der Waals surface area (Å²) in [5.41, 5.74) is 5.25. The summed E-state index contributed by atoms with van der Waals surface area (Å²) in [6.07, 6.45) is 1.31. The van der Waals surface area contributed by atoms with Gasteiger partial charge in [-0.05, 0) is 13.8 Å². The summed E-state index contributed by atoms with van der Waals surface area (Å²) in [5, 5.41) is 0. The summed E-state index contributed by atoms with van der Waals surface area (Å²) < 4.78 is 12.9. The third-order valence-electron chi connectivity index (χ3n) is 1.60. The predicted octanol–water partition coefficient (Wildman–Crippen LogP) is 1.35. The van der Waals surface area contributed by atoms with E-state index in [-0.39, 0.29) is 11.9 Å². The van der Waals surface area contributed by atoms with E-state index in [9.17, 15) is 4.39 Å². The van der Waals surface area contributed by atoms with E-state index in [1.54, 1.807) is 4.90 Å². The molecule has 0 aromatic rings. The molecule has 3 nitrogen and oxygen atoms in total. The van der Waals surface area contributed by atoms with Crippen LogP contribution in [0.4, 0.5) is 4.39 Å². The lowest BCUT2D eigenvalue weighted by atomic mass is 10.3. The first kappa shape index (κ1) is 8.77. The highest BCUT2D eigenvalue weighted by molar-refractivity contribution is 5.96. The summed E-state index contributed by atoms with van der Waals surface area (Å²) in [6.45, 7) is 7.49. The van der Waals surface area contributed by atoms with Crippen LogP contribution in [-0.2, 0) is 0 Å². The van der Waals surface area contributed by atoms with Crippen LogP contribution in [0.25, 0.3) is 0 Å². The average Bonchev–Trinajstić information content (AvgIpc) is 1.96. The van der Waals surface area contributed by atoms with Crippen LogP contribution in [0.1, 0.15) is 13.8 Å². The second-order valence-corrected chi connectivity index (χ2v) is 2.89. The third-order valence-corrected chi connectivity index (χ3v) is 1.60. The van der Waals surface area contributed by atoms with Crippen molar-refractivity contribution in [2.45, 2.75) is 19.9 Å². The highest BCUT2D eigenvalue weighted by atomic mass is 19.1. The van der Waals surface area contributed by atoms with Gasteiger partial charge in [-0.15, -0.1) is 0 Å². The maximum Gasteiger partial charge on any atom is 0.181 e. The van der Waals surface area contributed by atoms with E-state index >= 15 is 0 Å². The molecule has 0 radical (unpaired) electrons. The molecule has 1 aliphatic rings. The molecule has 1 heterocycles. The topological polar surface area (TPSA) is 41.6 Å². The van der Waals surface area contributed by atoms with Gasteiger partial charge in [-0.2, -0.15) is 0 Å². The van der Waals surface area contributed by atoms with Gasteiger partial charge in [0, 0.05) is 12.2 Å². The van der Waals surface area contributed by atoms with Crippen LogP contribution < -0.4 is 5.73 Å². The molecule has 0 saturated heterocycles. The van der Waals surface area contributed by atoms with Gasteiger partial charge in [0.1, 0.15) is 5.82 Å². The van der Waals surface area contributed by atoms with Crippen molar-refractivity contribution in [3.8, 4) is 0 Å². The van der Waals surface area contributed by atoms with Crippen molar-refractivity contribution in [1.29, 1.82) is 0 Å². The van der Waals surface area contributed by atoms with E-state index in [2.05, 4.69) is 11.6 Å². The lowest BCUT2D eigenvalue weighted by Gasteiger charge is -2.27. The van der Waals surface area contributed by atoms with E-state index in [1.165, 1.54) is 6.20 Å². The Hall–Kier alpha value is -1.32. The monoisotopic (exact) mass is 169 g/mol. The van der Waals surface area contributed by atoms with E-state index in [4.69, 9.17) is 5.73 Å². The molecule has 0 aromatic carbocycles. The second kappa shape index (κ2) is 2.97. The van der Waals surface area contributed by atoms with E-state index in [1.807, 2.05) is 13.8 Å². The Morgan fingerprint density at radius 3 is 2.75 bits per heavy atom. The standard InChI is InChI=1S/C8H12FN3/c1-5(2)12-4-7(9)8(10)11-6(12)3/h4-5H,3H2,1-2H3,(H2,10,11). The summed E-state index contributed by atoms with van der Waals surface area (Å²) in [5.74, 6) is -0.128. The van der Waals surface area contributed by atoms with Crippen LogP contribution >= 0.6 is 0 Å². The highest BCUT2D eigenvalue weighted by Gasteiger charge is 2.17. The van der Waals surface area contributed by atoms with Crippen molar-refractivity contribution in [3.63, 3.8) is 0 Å². The minimum atomic E-state index is -0.504. The fourth-order valence-corrected chi connectivity index (χ4v) is 0.960. The molecule has 66 valence electrons. The number of aliphatic imine (C=N–C) groups is 1. The molecule has 0 unspecified atom stereocenters. The molecule has 1 rings (SSSR count). The van der Waals surface area contributed by atoms with Gasteiger partial charge < -0.3 is 10.6 Å². The molecule has 4 heteroatoms. The van der Waals surface area contributed by atoms with Gasteiger partial charge >= 0.3 is 0 Å². The number of nitrogens with zero attached hydrogens (tertiary/aromatic N) is 2. The predicted molar refractivity (Wildman–Crippen MR) is 46.9 cm³/mol. The van der Waals surface area contributed by atoms with Crippen molar-refractivity contribution >= 4 is 5.84 Å². The fraction of sp³-hybridized carbons (Fsp3) is 0.375. The summed E-state index contributed by atoms with van der Waals surface area (Å²) in [6, 6.07) is 0.139. The van der Waals surface area contributed by atoms with E-state index in [0.29, 0.717) is 5.82 Å². The zero-order valence-electron chi connectivity index (χ0n) is 7.21. The first-order valence-electron chi connectivity index (χ1n) is 3.71. The number of hydrogen-bond donors (Lipinski definition) is 1. The third kappa shape index (κ3) is 1.47. The zero-order valence-corrected chi connectivity index (χ0v) is 7.21. The van der Waals surface area contributed by atoms with Crippen molar-refractivity contribution in [2.75, 3.05) is 0 Å². The van der Waals surface area contributed by atoms with Gasteiger partial charge in [0.2, 0.25) is 0 Å². The zero-order chi connectivity index (χ0) is 9.30. The highest BCUT2D eigenvalue weighted by Crippen LogP contribution is 2.17. The number of hydrogen-bond acceptors (Lipinski definition) is 3. The quantitative estimate of drug-likeness (QED) is 0.643. The molecule has 0 spiro atoms. The minimum absolute atomic E-state index is 0.100. The number of halogens is 1. The summed E-state index contributed by atoms with van der Waals surface area (Å²) >= 11 is 0. The maximum absolute atomic E-state index is 12.9. The normalized spacial score (nSPS) is 18.0. The number of amidine groups is 1. The lowest BCUT2D eigenvalue weighted by molar-refractivity contribution is 0.368. The average molecular weight is 169 g/mol. The lowest BCUT2D eigenvalue weighted by Crippen LogP contribution is -2.30. The van der Waals surface area contributed by atoms with Crippen LogP contribution in [-0.4, -0.2) is 16.8 Å². The molecular weight excluding hydrogens is 157 g/mol. The maximum atomic E-state index is 12.9. The van der Waals surface area contributed by atoms with E-state index in [0.717, 1.165) is 0 Å². The Morgan fingerprint density at radius 1 is 1.67 bits per heavy atom. The van der Waals surface area contributed by atoms with Gasteiger partial charge in [-0.1, -0.05) is 6.58 Å². The Labute approximate surface area is 71.1 Å². The molecule has 1 aliphatic heterocycles. The van der Waals surface area contributed by atoms with Gasteiger partial charge in [0.15, 0.2) is 11.7 Å². The van der Waals surface area contributed by atoms with Crippen molar-refractivity contribution in [2.24, 2.45) is 10.7 Å². The molecule has 12 heavy (non-hydrogen) atoms. The molecule has 0 fully saturated rings. The Morgan fingerprint density at radius 2 is 2.25 bits per heavy atom. The van der Waals surface area contributed by atoms with Gasteiger partial charge in [0.25, 0.3) is 0 Å². The largest absolute Gasteiger partial charge is 0.381 e. The molecule has 2 N–H and O–H groups in total. The molecule has 0 bridgehead atoms.